The van der Waals surface area contributed by atoms with Gasteiger partial charge in [0.2, 0.25) is 0 Å². The summed E-state index contributed by atoms with van der Waals surface area (Å²) in [6.07, 6.45) is 8.23. The monoisotopic (exact) mass is 203 g/mol. The number of rotatable bonds is 2. The normalized spacial score (nSPS) is 25.0. The van der Waals surface area contributed by atoms with E-state index in [0.29, 0.717) is 12.0 Å². The Labute approximate surface area is 90.3 Å². The Kier molecular flexibility index (Phi) is 2.20. The van der Waals surface area contributed by atoms with Gasteiger partial charge in [-0.05, 0) is 39.2 Å². The number of nitrogens with zero attached hydrogens (tertiary/aromatic N) is 2. The molecule has 15 heavy (non-hydrogen) atoms. The van der Waals surface area contributed by atoms with Crippen molar-refractivity contribution < 1.29 is 0 Å². The smallest absolute Gasteiger partial charge is 0.131 e. The van der Waals surface area contributed by atoms with Crippen LogP contribution in [0.3, 0.4) is 0 Å². The number of hydrogen-bond donors (Lipinski definition) is 1. The van der Waals surface area contributed by atoms with Crippen LogP contribution in [0.1, 0.15) is 54.7 Å². The van der Waals surface area contributed by atoms with Crippen molar-refractivity contribution in [1.29, 1.82) is 0 Å². The van der Waals surface area contributed by atoms with Gasteiger partial charge in [-0.1, -0.05) is 0 Å². The van der Waals surface area contributed by atoms with E-state index in [1.54, 1.807) is 0 Å². The number of hydrogen-bond acceptors (Lipinski definition) is 3. The lowest BCUT2D eigenvalue weighted by Gasteiger charge is -2.24. The Morgan fingerprint density at radius 2 is 2.20 bits per heavy atom. The number of fused-ring (bicyclic) bond motifs is 1. The summed E-state index contributed by atoms with van der Waals surface area (Å²) < 4.78 is 0. The molecule has 0 amide bonds. The van der Waals surface area contributed by atoms with E-state index in [2.05, 4.69) is 16.5 Å². The summed E-state index contributed by atoms with van der Waals surface area (Å²) in [5.74, 6) is 1.76. The first-order valence-corrected chi connectivity index (χ1v) is 5.91. The lowest BCUT2D eigenvalue weighted by Crippen LogP contribution is -2.23. The van der Waals surface area contributed by atoms with Crippen LogP contribution in [0, 0.1) is 0 Å². The van der Waals surface area contributed by atoms with Crippen LogP contribution in [0.4, 0.5) is 0 Å². The second-order valence-electron chi connectivity index (χ2n) is 4.64. The van der Waals surface area contributed by atoms with E-state index >= 15 is 0 Å². The molecular weight excluding hydrogens is 186 g/mol. The molecule has 1 N–H and O–H groups in total. The average molecular weight is 203 g/mol. The van der Waals surface area contributed by atoms with Crippen molar-refractivity contribution in [2.24, 2.45) is 0 Å². The second-order valence-corrected chi connectivity index (χ2v) is 4.64. The molecule has 0 bridgehead atoms. The van der Waals surface area contributed by atoms with E-state index in [1.807, 2.05) is 7.05 Å². The molecule has 1 heterocycles. The van der Waals surface area contributed by atoms with Crippen LogP contribution in [-0.2, 0) is 6.42 Å². The van der Waals surface area contributed by atoms with Gasteiger partial charge in [0.1, 0.15) is 5.82 Å². The molecule has 1 unspecified atom stereocenters. The molecule has 1 aromatic heterocycles. The van der Waals surface area contributed by atoms with Crippen LogP contribution in [-0.4, -0.2) is 17.0 Å². The molecule has 0 aliphatic heterocycles. The van der Waals surface area contributed by atoms with Crippen molar-refractivity contribution >= 4 is 0 Å². The molecule has 1 fully saturated rings. The molecule has 1 saturated carbocycles. The van der Waals surface area contributed by atoms with Gasteiger partial charge in [0.15, 0.2) is 0 Å². The van der Waals surface area contributed by atoms with Crippen molar-refractivity contribution in [1.82, 2.24) is 15.3 Å². The van der Waals surface area contributed by atoms with Gasteiger partial charge in [-0.15, -0.1) is 0 Å². The zero-order chi connectivity index (χ0) is 10.3. The van der Waals surface area contributed by atoms with Crippen LogP contribution in [0.15, 0.2) is 6.20 Å². The van der Waals surface area contributed by atoms with Crippen LogP contribution in [0.5, 0.6) is 0 Å². The van der Waals surface area contributed by atoms with Gasteiger partial charge < -0.3 is 5.32 Å². The van der Waals surface area contributed by atoms with E-state index in [0.717, 1.165) is 12.2 Å². The van der Waals surface area contributed by atoms with Gasteiger partial charge in [-0.3, -0.25) is 0 Å². The van der Waals surface area contributed by atoms with Crippen molar-refractivity contribution in [3.63, 3.8) is 0 Å². The molecule has 1 atom stereocenters. The molecule has 0 aromatic carbocycles. The van der Waals surface area contributed by atoms with Crippen LogP contribution >= 0.6 is 0 Å². The SMILES string of the molecule is CNC1CCCc2nc(C3CC3)ncc21. The molecule has 0 saturated heterocycles. The predicted molar refractivity (Wildman–Crippen MR) is 58.7 cm³/mol. The summed E-state index contributed by atoms with van der Waals surface area (Å²) in [5, 5.41) is 3.34. The highest BCUT2D eigenvalue weighted by molar-refractivity contribution is 5.25. The minimum Gasteiger partial charge on any atom is -0.313 e. The summed E-state index contributed by atoms with van der Waals surface area (Å²) in [7, 11) is 2.02. The van der Waals surface area contributed by atoms with Gasteiger partial charge in [-0.25, -0.2) is 9.97 Å². The fourth-order valence-electron chi connectivity index (χ4n) is 2.40. The first-order valence-electron chi connectivity index (χ1n) is 5.91. The Morgan fingerprint density at radius 3 is 2.93 bits per heavy atom. The highest BCUT2D eigenvalue weighted by atomic mass is 14.9. The number of nitrogens with one attached hydrogen (secondary N) is 1. The van der Waals surface area contributed by atoms with E-state index in [1.165, 1.54) is 36.9 Å². The lowest BCUT2D eigenvalue weighted by molar-refractivity contribution is 0.485. The molecule has 2 aliphatic rings. The largest absolute Gasteiger partial charge is 0.313 e. The van der Waals surface area contributed by atoms with E-state index in [4.69, 9.17) is 4.98 Å². The summed E-state index contributed by atoms with van der Waals surface area (Å²) in [4.78, 5) is 9.22. The summed E-state index contributed by atoms with van der Waals surface area (Å²) >= 11 is 0. The predicted octanol–water partition coefficient (Wildman–Crippen LogP) is 1.95. The van der Waals surface area contributed by atoms with Crippen molar-refractivity contribution in [2.45, 2.75) is 44.1 Å². The molecule has 3 rings (SSSR count). The molecule has 0 radical (unpaired) electrons. The van der Waals surface area contributed by atoms with Gasteiger partial charge in [0.25, 0.3) is 0 Å². The highest BCUT2D eigenvalue weighted by Crippen LogP contribution is 2.39. The van der Waals surface area contributed by atoms with Crippen LogP contribution < -0.4 is 5.32 Å². The molecular formula is C12H17N3. The van der Waals surface area contributed by atoms with Gasteiger partial charge >= 0.3 is 0 Å². The summed E-state index contributed by atoms with van der Waals surface area (Å²) in [5.41, 5.74) is 2.62. The molecule has 3 nitrogen and oxygen atoms in total. The number of aromatic nitrogens is 2. The lowest BCUT2D eigenvalue weighted by atomic mass is 9.92. The minimum absolute atomic E-state index is 0.474. The van der Waals surface area contributed by atoms with E-state index < -0.39 is 0 Å². The molecule has 1 aromatic rings. The topological polar surface area (TPSA) is 37.8 Å². The Hall–Kier alpha value is -0.960. The van der Waals surface area contributed by atoms with Gasteiger partial charge in [0.05, 0.1) is 0 Å². The Morgan fingerprint density at radius 1 is 1.33 bits per heavy atom. The zero-order valence-corrected chi connectivity index (χ0v) is 9.16. The molecule has 3 heteroatoms. The standard InChI is InChI=1S/C12H17N3/c1-13-10-3-2-4-11-9(10)7-14-12(15-11)8-5-6-8/h7-8,10,13H,2-6H2,1H3. The second kappa shape index (κ2) is 3.56. The highest BCUT2D eigenvalue weighted by Gasteiger charge is 2.28. The maximum absolute atomic E-state index is 4.72. The maximum atomic E-state index is 4.72. The molecule has 80 valence electrons. The van der Waals surface area contributed by atoms with E-state index in [-0.39, 0.29) is 0 Å². The first kappa shape index (κ1) is 9.28. The van der Waals surface area contributed by atoms with Gasteiger partial charge in [-0.2, -0.15) is 0 Å². The minimum atomic E-state index is 0.474. The van der Waals surface area contributed by atoms with E-state index in [9.17, 15) is 0 Å². The zero-order valence-electron chi connectivity index (χ0n) is 9.16. The average Bonchev–Trinajstić information content (AvgIpc) is 3.11. The third-order valence-electron chi connectivity index (χ3n) is 3.49. The van der Waals surface area contributed by atoms with Crippen LogP contribution in [0.25, 0.3) is 0 Å². The number of aryl methyl sites for hydroxylation is 1. The maximum Gasteiger partial charge on any atom is 0.131 e. The summed E-state index contributed by atoms with van der Waals surface area (Å²) in [6, 6.07) is 0.474. The third-order valence-corrected chi connectivity index (χ3v) is 3.49. The summed E-state index contributed by atoms with van der Waals surface area (Å²) in [6.45, 7) is 0. The van der Waals surface area contributed by atoms with Crippen molar-refractivity contribution in [2.75, 3.05) is 7.05 Å². The first-order chi connectivity index (χ1) is 7.38. The van der Waals surface area contributed by atoms with Gasteiger partial charge in [0, 0.05) is 29.4 Å². The molecule has 0 spiro atoms. The quantitative estimate of drug-likeness (QED) is 0.798. The fraction of sp³-hybridized carbons (Fsp3) is 0.667. The Bertz CT molecular complexity index is 371. The fourth-order valence-corrected chi connectivity index (χ4v) is 2.40. The van der Waals surface area contributed by atoms with Crippen molar-refractivity contribution in [3.05, 3.63) is 23.3 Å². The van der Waals surface area contributed by atoms with Crippen molar-refractivity contribution in [3.8, 4) is 0 Å². The third kappa shape index (κ3) is 1.65. The molecule has 2 aliphatic carbocycles. The van der Waals surface area contributed by atoms with Crippen LogP contribution in [0.2, 0.25) is 0 Å². The Balaban J connectivity index is 1.96.